The number of hydrogen-bond acceptors (Lipinski definition) is 3. The average molecular weight is 360 g/mol. The molecule has 5 heteroatoms. The molecule has 1 saturated heterocycles. The van der Waals surface area contributed by atoms with E-state index in [1.54, 1.807) is 6.07 Å². The fourth-order valence-electron chi connectivity index (χ4n) is 2.61. The molecule has 1 aromatic carbocycles. The van der Waals surface area contributed by atoms with E-state index in [2.05, 4.69) is 18.7 Å². The van der Waals surface area contributed by atoms with Gasteiger partial charge in [-0.15, -0.1) is 0 Å². The molecule has 1 heterocycles. The minimum atomic E-state index is -0.326. The van der Waals surface area contributed by atoms with E-state index in [0.29, 0.717) is 9.61 Å². The smallest absolute Gasteiger partial charge is 0.282 e. The van der Waals surface area contributed by atoms with Gasteiger partial charge in [-0.1, -0.05) is 6.92 Å². The third-order valence-corrected chi connectivity index (χ3v) is 4.46. The second-order valence-electron chi connectivity index (χ2n) is 5.06. The van der Waals surface area contributed by atoms with E-state index in [9.17, 15) is 10.1 Å². The lowest BCUT2D eigenvalue weighted by Gasteiger charge is -2.38. The maximum Gasteiger partial charge on any atom is 0.282 e. The van der Waals surface area contributed by atoms with E-state index >= 15 is 0 Å². The second-order valence-corrected chi connectivity index (χ2v) is 6.23. The first kappa shape index (κ1) is 13.6. The van der Waals surface area contributed by atoms with Crippen molar-refractivity contribution in [3.05, 3.63) is 31.9 Å². The van der Waals surface area contributed by atoms with Gasteiger partial charge in [-0.3, -0.25) is 10.1 Å². The van der Waals surface area contributed by atoms with Gasteiger partial charge in [0.1, 0.15) is 0 Å². The maximum absolute atomic E-state index is 10.8. The number of nitro groups is 1. The van der Waals surface area contributed by atoms with Crippen LogP contribution < -0.4 is 4.90 Å². The Bertz CT molecular complexity index is 464. The molecule has 18 heavy (non-hydrogen) atoms. The Morgan fingerprint density at radius 1 is 1.44 bits per heavy atom. The number of halogens is 1. The van der Waals surface area contributed by atoms with Gasteiger partial charge in [-0.25, -0.2) is 0 Å². The second kappa shape index (κ2) is 5.42. The van der Waals surface area contributed by atoms with E-state index in [0.717, 1.165) is 18.2 Å². The zero-order valence-corrected chi connectivity index (χ0v) is 12.8. The standard InChI is InChI=1S/C13H17IN2O2/c1-9-5-6-15(10(2)7-9)11-3-4-13(16(17)18)12(14)8-11/h3-4,8-10H,5-7H2,1-2H3. The van der Waals surface area contributed by atoms with Crippen LogP contribution in [0.5, 0.6) is 0 Å². The molecule has 1 fully saturated rings. The number of rotatable bonds is 2. The molecular weight excluding hydrogens is 343 g/mol. The van der Waals surface area contributed by atoms with Gasteiger partial charge in [0.15, 0.2) is 0 Å². The molecule has 1 aromatic rings. The zero-order chi connectivity index (χ0) is 13.3. The van der Waals surface area contributed by atoms with Gasteiger partial charge in [0.2, 0.25) is 0 Å². The Morgan fingerprint density at radius 3 is 2.72 bits per heavy atom. The zero-order valence-electron chi connectivity index (χ0n) is 10.6. The highest BCUT2D eigenvalue weighted by Crippen LogP contribution is 2.31. The van der Waals surface area contributed by atoms with Gasteiger partial charge in [-0.05, 0) is 60.4 Å². The third-order valence-electron chi connectivity index (χ3n) is 3.60. The van der Waals surface area contributed by atoms with Crippen LogP contribution in [-0.4, -0.2) is 17.5 Å². The van der Waals surface area contributed by atoms with Crippen molar-refractivity contribution in [2.45, 2.75) is 32.7 Å². The third kappa shape index (κ3) is 2.76. The first-order valence-corrected chi connectivity index (χ1v) is 7.27. The Balaban J connectivity index is 2.24. The van der Waals surface area contributed by atoms with Crippen molar-refractivity contribution < 1.29 is 4.92 Å². The molecule has 0 amide bonds. The van der Waals surface area contributed by atoms with Crippen molar-refractivity contribution >= 4 is 34.0 Å². The molecule has 0 radical (unpaired) electrons. The van der Waals surface area contributed by atoms with Gasteiger partial charge >= 0.3 is 0 Å². The largest absolute Gasteiger partial charge is 0.369 e. The summed E-state index contributed by atoms with van der Waals surface area (Å²) in [7, 11) is 0. The monoisotopic (exact) mass is 360 g/mol. The van der Waals surface area contributed by atoms with E-state index in [1.165, 1.54) is 12.8 Å². The van der Waals surface area contributed by atoms with Crippen LogP contribution in [0.3, 0.4) is 0 Å². The summed E-state index contributed by atoms with van der Waals surface area (Å²) in [5.74, 6) is 0.772. The van der Waals surface area contributed by atoms with E-state index in [1.807, 2.05) is 34.7 Å². The molecule has 98 valence electrons. The molecule has 2 atom stereocenters. The van der Waals surface area contributed by atoms with Crippen molar-refractivity contribution in [2.75, 3.05) is 11.4 Å². The summed E-state index contributed by atoms with van der Waals surface area (Å²) in [4.78, 5) is 12.8. The highest BCUT2D eigenvalue weighted by molar-refractivity contribution is 14.1. The molecule has 2 unspecified atom stereocenters. The van der Waals surface area contributed by atoms with Crippen LogP contribution in [0.15, 0.2) is 18.2 Å². The number of nitrogens with zero attached hydrogens (tertiary/aromatic N) is 2. The molecule has 4 nitrogen and oxygen atoms in total. The molecule has 2 rings (SSSR count). The molecule has 1 aliphatic heterocycles. The number of anilines is 1. The quantitative estimate of drug-likeness (QED) is 0.458. The SMILES string of the molecule is CC1CCN(c2ccc([N+](=O)[O-])c(I)c2)C(C)C1. The van der Waals surface area contributed by atoms with Crippen LogP contribution in [0.25, 0.3) is 0 Å². The highest BCUT2D eigenvalue weighted by Gasteiger charge is 2.24. The molecule has 0 bridgehead atoms. The van der Waals surface area contributed by atoms with Gasteiger partial charge in [0.05, 0.1) is 8.49 Å². The van der Waals surface area contributed by atoms with Crippen LogP contribution in [0, 0.1) is 19.6 Å². The molecule has 0 spiro atoms. The molecule has 1 aliphatic rings. The minimum Gasteiger partial charge on any atom is -0.369 e. The minimum absolute atomic E-state index is 0.192. The lowest BCUT2D eigenvalue weighted by Crippen LogP contribution is -2.40. The molecular formula is C13H17IN2O2. The van der Waals surface area contributed by atoms with E-state index < -0.39 is 0 Å². The van der Waals surface area contributed by atoms with Gasteiger partial charge < -0.3 is 4.90 Å². The van der Waals surface area contributed by atoms with Crippen LogP contribution in [0.1, 0.15) is 26.7 Å². The predicted molar refractivity (Wildman–Crippen MR) is 81.0 cm³/mol. The Morgan fingerprint density at radius 2 is 2.17 bits per heavy atom. The average Bonchev–Trinajstić information content (AvgIpc) is 2.28. The summed E-state index contributed by atoms with van der Waals surface area (Å²) in [6.45, 7) is 5.55. The first-order valence-electron chi connectivity index (χ1n) is 6.19. The van der Waals surface area contributed by atoms with Gasteiger partial charge in [-0.2, -0.15) is 0 Å². The summed E-state index contributed by atoms with van der Waals surface area (Å²) in [5, 5.41) is 10.8. The van der Waals surface area contributed by atoms with Crippen molar-refractivity contribution in [1.29, 1.82) is 0 Å². The predicted octanol–water partition coefficient (Wildman–Crippen LogP) is 3.82. The topological polar surface area (TPSA) is 46.4 Å². The number of nitro benzene ring substituents is 1. The summed E-state index contributed by atoms with van der Waals surface area (Å²) >= 11 is 2.04. The number of piperidine rings is 1. The molecule has 0 saturated carbocycles. The molecule has 0 N–H and O–H groups in total. The number of hydrogen-bond donors (Lipinski definition) is 0. The lowest BCUT2D eigenvalue weighted by molar-refractivity contribution is -0.385. The fourth-order valence-corrected chi connectivity index (χ4v) is 3.31. The van der Waals surface area contributed by atoms with E-state index in [4.69, 9.17) is 0 Å². The van der Waals surface area contributed by atoms with Crippen molar-refractivity contribution in [3.8, 4) is 0 Å². The van der Waals surface area contributed by atoms with Crippen LogP contribution >= 0.6 is 22.6 Å². The lowest BCUT2D eigenvalue weighted by atomic mass is 9.93. The molecule has 0 aliphatic carbocycles. The van der Waals surface area contributed by atoms with Crippen molar-refractivity contribution in [1.82, 2.24) is 0 Å². The summed E-state index contributed by atoms with van der Waals surface area (Å²) in [5.41, 5.74) is 1.29. The van der Waals surface area contributed by atoms with Crippen LogP contribution in [-0.2, 0) is 0 Å². The fraction of sp³-hybridized carbons (Fsp3) is 0.538. The normalized spacial score (nSPS) is 24.1. The van der Waals surface area contributed by atoms with Crippen molar-refractivity contribution in [2.24, 2.45) is 5.92 Å². The van der Waals surface area contributed by atoms with Crippen molar-refractivity contribution in [3.63, 3.8) is 0 Å². The Kier molecular flexibility index (Phi) is 4.09. The maximum atomic E-state index is 10.8. The summed E-state index contributed by atoms with van der Waals surface area (Å²) in [6, 6.07) is 5.91. The van der Waals surface area contributed by atoms with Gasteiger partial charge in [0.25, 0.3) is 5.69 Å². The van der Waals surface area contributed by atoms with E-state index in [-0.39, 0.29) is 10.6 Å². The summed E-state index contributed by atoms with van der Waals surface area (Å²) in [6.07, 6.45) is 2.38. The Labute approximate surface area is 121 Å². The first-order chi connectivity index (χ1) is 8.49. The van der Waals surface area contributed by atoms with Crippen LogP contribution in [0.4, 0.5) is 11.4 Å². The number of benzene rings is 1. The molecule has 0 aromatic heterocycles. The Hall–Kier alpha value is -0.850. The van der Waals surface area contributed by atoms with Crippen LogP contribution in [0.2, 0.25) is 0 Å². The van der Waals surface area contributed by atoms with Gasteiger partial charge in [0, 0.05) is 24.3 Å². The summed E-state index contributed by atoms with van der Waals surface area (Å²) < 4.78 is 0.709. The highest BCUT2D eigenvalue weighted by atomic mass is 127.